The first-order chi connectivity index (χ1) is 10.7. The van der Waals surface area contributed by atoms with Crippen LogP contribution in [0.3, 0.4) is 0 Å². The molecule has 112 valence electrons. The SMILES string of the molecule is O=C1N(Cc2cccc(F)c2)c2ccccc2[C@@]12OCCS2. The molecule has 0 unspecified atom stereocenters. The minimum absolute atomic E-state index is 0.0690. The standard InChI is InChI=1S/C17H14FNO2S/c18-13-5-3-4-12(10-13)11-19-15-7-2-1-6-14(15)17(16(19)20)21-8-9-22-17/h1-7,10H,8-9,11H2/t17-/m0/s1. The van der Waals surface area contributed by atoms with Gasteiger partial charge in [-0.3, -0.25) is 4.79 Å². The Morgan fingerprint density at radius 2 is 2.09 bits per heavy atom. The highest BCUT2D eigenvalue weighted by molar-refractivity contribution is 8.01. The zero-order valence-corrected chi connectivity index (χ0v) is 12.6. The van der Waals surface area contributed by atoms with Crippen molar-refractivity contribution in [2.45, 2.75) is 11.5 Å². The normalized spacial score (nSPS) is 23.3. The minimum atomic E-state index is -0.913. The van der Waals surface area contributed by atoms with Crippen LogP contribution in [-0.4, -0.2) is 18.3 Å². The van der Waals surface area contributed by atoms with Crippen molar-refractivity contribution in [3.8, 4) is 0 Å². The number of ether oxygens (including phenoxy) is 1. The number of anilines is 1. The van der Waals surface area contributed by atoms with Gasteiger partial charge in [-0.05, 0) is 23.8 Å². The molecule has 22 heavy (non-hydrogen) atoms. The van der Waals surface area contributed by atoms with Gasteiger partial charge in [0.15, 0.2) is 0 Å². The topological polar surface area (TPSA) is 29.5 Å². The number of amides is 1. The molecule has 5 heteroatoms. The van der Waals surface area contributed by atoms with Gasteiger partial charge in [-0.15, -0.1) is 11.8 Å². The van der Waals surface area contributed by atoms with Gasteiger partial charge in [-0.2, -0.15) is 0 Å². The van der Waals surface area contributed by atoms with Crippen molar-refractivity contribution >= 4 is 23.4 Å². The van der Waals surface area contributed by atoms with E-state index in [0.29, 0.717) is 13.2 Å². The van der Waals surface area contributed by atoms with Gasteiger partial charge in [-0.25, -0.2) is 4.39 Å². The highest BCUT2D eigenvalue weighted by Gasteiger charge is 2.54. The van der Waals surface area contributed by atoms with E-state index in [1.807, 2.05) is 30.3 Å². The minimum Gasteiger partial charge on any atom is -0.350 e. The van der Waals surface area contributed by atoms with Gasteiger partial charge >= 0.3 is 0 Å². The van der Waals surface area contributed by atoms with Crippen molar-refractivity contribution in [1.82, 2.24) is 0 Å². The molecule has 2 aliphatic rings. The van der Waals surface area contributed by atoms with Crippen LogP contribution in [0.5, 0.6) is 0 Å². The van der Waals surface area contributed by atoms with E-state index in [1.54, 1.807) is 11.0 Å². The van der Waals surface area contributed by atoms with Crippen molar-refractivity contribution in [3.05, 3.63) is 65.5 Å². The van der Waals surface area contributed by atoms with Crippen LogP contribution in [0, 0.1) is 5.82 Å². The zero-order valence-electron chi connectivity index (χ0n) is 11.8. The molecule has 0 radical (unpaired) electrons. The summed E-state index contributed by atoms with van der Waals surface area (Å²) >= 11 is 1.53. The molecule has 3 nitrogen and oxygen atoms in total. The molecule has 0 bridgehead atoms. The quantitative estimate of drug-likeness (QED) is 0.852. The summed E-state index contributed by atoms with van der Waals surface area (Å²) in [6, 6.07) is 14.0. The summed E-state index contributed by atoms with van der Waals surface area (Å²) in [7, 11) is 0. The Hall–Kier alpha value is -1.85. The van der Waals surface area contributed by atoms with Crippen LogP contribution in [0.4, 0.5) is 10.1 Å². The van der Waals surface area contributed by atoms with E-state index in [1.165, 1.54) is 23.9 Å². The van der Waals surface area contributed by atoms with Gasteiger partial charge in [-0.1, -0.05) is 30.3 Å². The van der Waals surface area contributed by atoms with Gasteiger partial charge in [0.2, 0.25) is 4.93 Å². The smallest absolute Gasteiger partial charge is 0.275 e. The molecule has 2 heterocycles. The lowest BCUT2D eigenvalue weighted by molar-refractivity contribution is -0.131. The molecule has 0 aromatic heterocycles. The number of hydrogen-bond donors (Lipinski definition) is 0. The molecule has 1 fully saturated rings. The summed E-state index contributed by atoms with van der Waals surface area (Å²) in [4.78, 5) is 13.7. The van der Waals surface area contributed by atoms with Gasteiger partial charge in [0.25, 0.3) is 5.91 Å². The van der Waals surface area contributed by atoms with Crippen LogP contribution in [0.2, 0.25) is 0 Å². The number of rotatable bonds is 2. The number of para-hydroxylation sites is 1. The van der Waals surface area contributed by atoms with Gasteiger partial charge in [0, 0.05) is 11.3 Å². The summed E-state index contributed by atoms with van der Waals surface area (Å²) < 4.78 is 19.2. The fourth-order valence-corrected chi connectivity index (χ4v) is 4.24. The van der Waals surface area contributed by atoms with Crippen LogP contribution in [0.25, 0.3) is 0 Å². The van der Waals surface area contributed by atoms with Gasteiger partial charge in [0.05, 0.1) is 18.8 Å². The van der Waals surface area contributed by atoms with Crippen molar-refractivity contribution in [1.29, 1.82) is 0 Å². The lowest BCUT2D eigenvalue weighted by Crippen LogP contribution is -2.37. The average Bonchev–Trinajstić information content (AvgIpc) is 3.10. The van der Waals surface area contributed by atoms with Crippen molar-refractivity contribution in [2.24, 2.45) is 0 Å². The maximum absolute atomic E-state index is 13.4. The van der Waals surface area contributed by atoms with E-state index < -0.39 is 4.93 Å². The van der Waals surface area contributed by atoms with E-state index in [-0.39, 0.29) is 11.7 Å². The number of thioether (sulfide) groups is 1. The lowest BCUT2D eigenvalue weighted by atomic mass is 10.1. The Labute approximate surface area is 132 Å². The number of nitrogens with zero attached hydrogens (tertiary/aromatic N) is 1. The monoisotopic (exact) mass is 315 g/mol. The van der Waals surface area contributed by atoms with Crippen molar-refractivity contribution in [3.63, 3.8) is 0 Å². The van der Waals surface area contributed by atoms with Crippen LogP contribution in [0.1, 0.15) is 11.1 Å². The predicted molar refractivity (Wildman–Crippen MR) is 84.1 cm³/mol. The van der Waals surface area contributed by atoms with Crippen LogP contribution < -0.4 is 4.90 Å². The molecule has 1 amide bonds. The first kappa shape index (κ1) is 13.8. The second-order valence-corrected chi connectivity index (χ2v) is 6.62. The molecule has 1 spiro atoms. The van der Waals surface area contributed by atoms with E-state index in [4.69, 9.17) is 4.74 Å². The molecule has 0 saturated carbocycles. The predicted octanol–water partition coefficient (Wildman–Crippen LogP) is 3.29. The number of benzene rings is 2. The van der Waals surface area contributed by atoms with Gasteiger partial charge in [0.1, 0.15) is 5.82 Å². The first-order valence-electron chi connectivity index (χ1n) is 7.14. The Morgan fingerprint density at radius 3 is 2.86 bits per heavy atom. The maximum Gasteiger partial charge on any atom is 0.275 e. The summed E-state index contributed by atoms with van der Waals surface area (Å²) in [5.74, 6) is 0.438. The summed E-state index contributed by atoms with van der Waals surface area (Å²) in [6.07, 6.45) is 0. The third-order valence-corrected chi connectivity index (χ3v) is 5.29. The van der Waals surface area contributed by atoms with E-state index in [9.17, 15) is 9.18 Å². The maximum atomic E-state index is 13.4. The molecular formula is C17H14FNO2S. The average molecular weight is 315 g/mol. The third kappa shape index (κ3) is 1.96. The van der Waals surface area contributed by atoms with E-state index in [2.05, 4.69) is 0 Å². The number of carbonyl (C=O) groups is 1. The zero-order chi connectivity index (χ0) is 15.2. The van der Waals surface area contributed by atoms with E-state index in [0.717, 1.165) is 22.6 Å². The molecular weight excluding hydrogens is 301 g/mol. The molecule has 2 aromatic rings. The number of hydrogen-bond acceptors (Lipinski definition) is 3. The summed E-state index contributed by atoms with van der Waals surface area (Å²) in [5.41, 5.74) is 2.52. The molecule has 0 N–H and O–H groups in total. The second kappa shape index (κ2) is 5.11. The fraction of sp³-hybridized carbons (Fsp3) is 0.235. The van der Waals surface area contributed by atoms with E-state index >= 15 is 0 Å². The summed E-state index contributed by atoms with van der Waals surface area (Å²) in [5, 5.41) is 0. The van der Waals surface area contributed by atoms with Crippen LogP contribution in [-0.2, 0) is 21.0 Å². The van der Waals surface area contributed by atoms with Crippen LogP contribution >= 0.6 is 11.8 Å². The Bertz CT molecular complexity index is 743. The van der Waals surface area contributed by atoms with Crippen LogP contribution in [0.15, 0.2) is 48.5 Å². The second-order valence-electron chi connectivity index (χ2n) is 5.35. The largest absolute Gasteiger partial charge is 0.350 e. The number of fused-ring (bicyclic) bond motifs is 2. The molecule has 0 aliphatic carbocycles. The number of halogens is 1. The first-order valence-corrected chi connectivity index (χ1v) is 8.13. The highest BCUT2D eigenvalue weighted by atomic mass is 32.2. The molecule has 2 aromatic carbocycles. The fourth-order valence-electron chi connectivity index (χ4n) is 3.06. The third-order valence-electron chi connectivity index (χ3n) is 4.00. The molecule has 1 saturated heterocycles. The van der Waals surface area contributed by atoms with Crippen molar-refractivity contribution in [2.75, 3.05) is 17.3 Å². The molecule has 1 atom stereocenters. The Morgan fingerprint density at radius 1 is 1.23 bits per heavy atom. The van der Waals surface area contributed by atoms with Gasteiger partial charge < -0.3 is 9.64 Å². The van der Waals surface area contributed by atoms with Crippen molar-refractivity contribution < 1.29 is 13.9 Å². The highest BCUT2D eigenvalue weighted by Crippen LogP contribution is 2.52. The Kier molecular flexibility index (Phi) is 3.20. The summed E-state index contributed by atoms with van der Waals surface area (Å²) in [6.45, 7) is 0.915. The molecule has 4 rings (SSSR count). The lowest BCUT2D eigenvalue weighted by Gasteiger charge is -2.22. The molecule has 2 aliphatic heterocycles. The Balaban J connectivity index is 1.76. The number of carbonyl (C=O) groups excluding carboxylic acids is 1.